The first-order valence-corrected chi connectivity index (χ1v) is 5.02. The van der Waals surface area contributed by atoms with Gasteiger partial charge in [-0.25, -0.2) is 4.39 Å². The molecule has 1 rings (SSSR count). The summed E-state index contributed by atoms with van der Waals surface area (Å²) in [5.41, 5.74) is -1.16. The van der Waals surface area contributed by atoms with Crippen molar-refractivity contribution in [2.45, 2.75) is 26.1 Å². The minimum atomic E-state index is -4.63. The summed E-state index contributed by atoms with van der Waals surface area (Å²) < 4.78 is 50.5. The molecule has 0 aliphatic rings. The lowest BCUT2D eigenvalue weighted by molar-refractivity contribution is -0.140. The summed E-state index contributed by atoms with van der Waals surface area (Å²) in [4.78, 5) is 0. The molecule has 0 spiro atoms. The molecule has 1 aromatic rings. The largest absolute Gasteiger partial charge is 0.419 e. The van der Waals surface area contributed by atoms with Gasteiger partial charge >= 0.3 is 6.18 Å². The number of hydrogen-bond donors (Lipinski definition) is 1. The normalized spacial score (nSPS) is 11.8. The van der Waals surface area contributed by atoms with Crippen molar-refractivity contribution >= 4 is 0 Å². The number of benzene rings is 1. The SMILES string of the molecule is CCCNCc1cccc(C(F)(F)F)c1F. The van der Waals surface area contributed by atoms with Crippen LogP contribution in [0.1, 0.15) is 24.5 Å². The van der Waals surface area contributed by atoms with E-state index in [9.17, 15) is 17.6 Å². The van der Waals surface area contributed by atoms with E-state index in [-0.39, 0.29) is 12.1 Å². The second-order valence-corrected chi connectivity index (χ2v) is 3.45. The van der Waals surface area contributed by atoms with Crippen LogP contribution >= 0.6 is 0 Å². The average molecular weight is 235 g/mol. The van der Waals surface area contributed by atoms with E-state index in [2.05, 4.69) is 5.32 Å². The van der Waals surface area contributed by atoms with Crippen LogP contribution in [0.2, 0.25) is 0 Å². The third-order valence-corrected chi connectivity index (χ3v) is 2.13. The molecule has 0 aliphatic carbocycles. The Balaban J connectivity index is 2.87. The van der Waals surface area contributed by atoms with Crippen molar-refractivity contribution in [3.05, 3.63) is 35.1 Å². The predicted molar refractivity (Wildman–Crippen MR) is 53.4 cm³/mol. The minimum Gasteiger partial charge on any atom is -0.313 e. The van der Waals surface area contributed by atoms with E-state index in [0.29, 0.717) is 6.54 Å². The van der Waals surface area contributed by atoms with Gasteiger partial charge in [0, 0.05) is 12.1 Å². The Morgan fingerprint density at radius 1 is 1.25 bits per heavy atom. The van der Waals surface area contributed by atoms with Crippen LogP contribution in [-0.4, -0.2) is 6.54 Å². The molecule has 1 aromatic carbocycles. The van der Waals surface area contributed by atoms with Gasteiger partial charge in [-0.1, -0.05) is 19.1 Å². The van der Waals surface area contributed by atoms with E-state index >= 15 is 0 Å². The van der Waals surface area contributed by atoms with E-state index in [0.717, 1.165) is 12.5 Å². The van der Waals surface area contributed by atoms with Gasteiger partial charge in [-0.05, 0) is 19.0 Å². The third-order valence-electron chi connectivity index (χ3n) is 2.13. The molecule has 0 bridgehead atoms. The molecule has 0 atom stereocenters. The molecule has 0 amide bonds. The number of halogens is 4. The molecule has 0 fully saturated rings. The predicted octanol–water partition coefficient (Wildman–Crippen LogP) is 3.34. The van der Waals surface area contributed by atoms with Crippen molar-refractivity contribution in [3.8, 4) is 0 Å². The quantitative estimate of drug-likeness (QED) is 0.623. The van der Waals surface area contributed by atoms with E-state index in [4.69, 9.17) is 0 Å². The van der Waals surface area contributed by atoms with Gasteiger partial charge in [0.05, 0.1) is 5.56 Å². The van der Waals surface area contributed by atoms with E-state index < -0.39 is 17.6 Å². The van der Waals surface area contributed by atoms with Crippen LogP contribution in [0.5, 0.6) is 0 Å². The summed E-state index contributed by atoms with van der Waals surface area (Å²) in [7, 11) is 0. The van der Waals surface area contributed by atoms with Crippen molar-refractivity contribution in [2.24, 2.45) is 0 Å². The van der Waals surface area contributed by atoms with Gasteiger partial charge in [-0.15, -0.1) is 0 Å². The van der Waals surface area contributed by atoms with Crippen molar-refractivity contribution in [3.63, 3.8) is 0 Å². The lowest BCUT2D eigenvalue weighted by Gasteiger charge is -2.11. The molecule has 0 saturated heterocycles. The summed E-state index contributed by atoms with van der Waals surface area (Å²) in [5.74, 6) is -1.18. The Morgan fingerprint density at radius 3 is 2.50 bits per heavy atom. The summed E-state index contributed by atoms with van der Waals surface area (Å²) in [6.45, 7) is 2.69. The molecule has 5 heteroatoms. The van der Waals surface area contributed by atoms with Crippen molar-refractivity contribution in [1.82, 2.24) is 5.32 Å². The zero-order valence-electron chi connectivity index (χ0n) is 8.87. The van der Waals surface area contributed by atoms with Crippen LogP contribution in [0.25, 0.3) is 0 Å². The average Bonchev–Trinajstić information content (AvgIpc) is 2.19. The maximum absolute atomic E-state index is 13.4. The van der Waals surface area contributed by atoms with Crippen molar-refractivity contribution in [1.29, 1.82) is 0 Å². The Bertz CT molecular complexity index is 346. The van der Waals surface area contributed by atoms with E-state index in [1.807, 2.05) is 6.92 Å². The molecule has 0 aromatic heterocycles. The maximum atomic E-state index is 13.4. The number of alkyl halides is 3. The number of rotatable bonds is 4. The van der Waals surface area contributed by atoms with E-state index in [1.54, 1.807) is 0 Å². The lowest BCUT2D eigenvalue weighted by Crippen LogP contribution is -2.17. The third kappa shape index (κ3) is 3.20. The molecule has 1 nitrogen and oxygen atoms in total. The fraction of sp³-hybridized carbons (Fsp3) is 0.455. The van der Waals surface area contributed by atoms with Gasteiger partial charge < -0.3 is 5.32 Å². The van der Waals surface area contributed by atoms with Gasteiger partial charge in [0.15, 0.2) is 0 Å². The highest BCUT2D eigenvalue weighted by Gasteiger charge is 2.34. The fourth-order valence-corrected chi connectivity index (χ4v) is 1.34. The molecule has 0 saturated carbocycles. The monoisotopic (exact) mass is 235 g/mol. The van der Waals surface area contributed by atoms with Gasteiger partial charge in [0.25, 0.3) is 0 Å². The summed E-state index contributed by atoms with van der Waals surface area (Å²) in [6.07, 6.45) is -3.79. The maximum Gasteiger partial charge on any atom is 0.419 e. The zero-order valence-corrected chi connectivity index (χ0v) is 8.87. The highest BCUT2D eigenvalue weighted by molar-refractivity contribution is 5.28. The van der Waals surface area contributed by atoms with Crippen molar-refractivity contribution in [2.75, 3.05) is 6.54 Å². The first kappa shape index (κ1) is 13.0. The number of nitrogens with one attached hydrogen (secondary N) is 1. The molecule has 90 valence electrons. The molecule has 0 unspecified atom stereocenters. The number of hydrogen-bond acceptors (Lipinski definition) is 1. The van der Waals surface area contributed by atoms with Crippen LogP contribution in [0.3, 0.4) is 0 Å². The first-order valence-electron chi connectivity index (χ1n) is 5.02. The topological polar surface area (TPSA) is 12.0 Å². The van der Waals surface area contributed by atoms with Gasteiger partial charge in [-0.3, -0.25) is 0 Å². The Morgan fingerprint density at radius 2 is 1.94 bits per heavy atom. The second-order valence-electron chi connectivity index (χ2n) is 3.45. The second kappa shape index (κ2) is 5.30. The van der Waals surface area contributed by atoms with Crippen molar-refractivity contribution < 1.29 is 17.6 Å². The van der Waals surface area contributed by atoms with Crippen LogP contribution in [-0.2, 0) is 12.7 Å². The smallest absolute Gasteiger partial charge is 0.313 e. The lowest BCUT2D eigenvalue weighted by atomic mass is 10.1. The van der Waals surface area contributed by atoms with Gasteiger partial charge in [0.1, 0.15) is 5.82 Å². The molecule has 1 N–H and O–H groups in total. The van der Waals surface area contributed by atoms with Crippen LogP contribution in [0.4, 0.5) is 17.6 Å². The fourth-order valence-electron chi connectivity index (χ4n) is 1.34. The summed E-state index contributed by atoms with van der Waals surface area (Å²) in [5, 5.41) is 2.86. The van der Waals surface area contributed by atoms with Gasteiger partial charge in [-0.2, -0.15) is 13.2 Å². The molecular formula is C11H13F4N. The van der Waals surface area contributed by atoms with E-state index in [1.165, 1.54) is 12.1 Å². The summed E-state index contributed by atoms with van der Waals surface area (Å²) in [6, 6.07) is 3.32. The first-order chi connectivity index (χ1) is 7.46. The van der Waals surface area contributed by atoms with Crippen LogP contribution in [0.15, 0.2) is 18.2 Å². The highest BCUT2D eigenvalue weighted by atomic mass is 19.4. The van der Waals surface area contributed by atoms with Crippen LogP contribution < -0.4 is 5.32 Å². The standard InChI is InChI=1S/C11H13F4N/c1-2-6-16-7-8-4-3-5-9(10(8)12)11(13,14)15/h3-5,16H,2,6-7H2,1H3. The minimum absolute atomic E-state index is 0.0447. The summed E-state index contributed by atoms with van der Waals surface area (Å²) >= 11 is 0. The van der Waals surface area contributed by atoms with Gasteiger partial charge in [0.2, 0.25) is 0 Å². The zero-order chi connectivity index (χ0) is 12.2. The Kier molecular flexibility index (Phi) is 4.29. The molecule has 0 heterocycles. The Labute approximate surface area is 91.5 Å². The molecule has 16 heavy (non-hydrogen) atoms. The molecular weight excluding hydrogens is 222 g/mol. The highest BCUT2D eigenvalue weighted by Crippen LogP contribution is 2.32. The molecule has 0 aliphatic heterocycles. The van der Waals surface area contributed by atoms with Crippen LogP contribution in [0, 0.1) is 5.82 Å². The molecule has 0 radical (unpaired) electrons. The Hall–Kier alpha value is -1.10.